The van der Waals surface area contributed by atoms with Gasteiger partial charge in [0.25, 0.3) is 0 Å². The average molecular weight is 391 g/mol. The van der Waals surface area contributed by atoms with Crippen molar-refractivity contribution in [3.63, 3.8) is 0 Å². The smallest absolute Gasteiger partial charge is 0.241 e. The highest BCUT2D eigenvalue weighted by Crippen LogP contribution is 2.22. The molecule has 2 N–H and O–H groups in total. The van der Waals surface area contributed by atoms with Crippen molar-refractivity contribution in [3.8, 4) is 5.75 Å². The van der Waals surface area contributed by atoms with Crippen LogP contribution >= 0.6 is 0 Å². The number of ether oxygens (including phenoxy) is 1. The summed E-state index contributed by atoms with van der Waals surface area (Å²) < 4.78 is 33.0. The third-order valence-corrected chi connectivity index (χ3v) is 5.68. The van der Waals surface area contributed by atoms with Crippen LogP contribution in [0, 0.1) is 6.92 Å². The molecule has 0 spiro atoms. The second-order valence-corrected chi connectivity index (χ2v) is 8.06. The number of amides is 1. The number of sulfonamides is 1. The Morgan fingerprint density at radius 1 is 1.11 bits per heavy atom. The summed E-state index contributed by atoms with van der Waals surface area (Å²) in [4.78, 5) is 12.5. The van der Waals surface area contributed by atoms with Crippen molar-refractivity contribution >= 4 is 15.9 Å². The molecule has 0 aromatic heterocycles. The van der Waals surface area contributed by atoms with Crippen LogP contribution in [0.25, 0.3) is 0 Å². The summed E-state index contributed by atoms with van der Waals surface area (Å²) in [6.45, 7) is 7.52. The lowest BCUT2D eigenvalue weighted by Gasteiger charge is -2.19. The summed E-state index contributed by atoms with van der Waals surface area (Å²) in [5.74, 6) is 0.247. The molecule has 2 rings (SSSR count). The molecular weight excluding hydrogens is 364 g/mol. The van der Waals surface area contributed by atoms with Gasteiger partial charge >= 0.3 is 0 Å². The van der Waals surface area contributed by atoms with E-state index in [1.807, 2.05) is 44.2 Å². The number of aryl methyl sites for hydroxylation is 1. The Morgan fingerprint density at radius 3 is 2.37 bits per heavy atom. The van der Waals surface area contributed by atoms with Gasteiger partial charge in [0.2, 0.25) is 15.9 Å². The zero-order valence-electron chi connectivity index (χ0n) is 16.0. The lowest BCUT2D eigenvalue weighted by atomic mass is 10.1. The maximum atomic E-state index is 12.6. The van der Waals surface area contributed by atoms with Crippen molar-refractivity contribution in [1.82, 2.24) is 10.0 Å². The van der Waals surface area contributed by atoms with Gasteiger partial charge in [0.05, 0.1) is 23.6 Å². The summed E-state index contributed by atoms with van der Waals surface area (Å²) in [5, 5.41) is 2.82. The van der Waals surface area contributed by atoms with E-state index in [-0.39, 0.29) is 10.9 Å². The van der Waals surface area contributed by atoms with Crippen LogP contribution in [0.3, 0.4) is 0 Å². The summed E-state index contributed by atoms with van der Waals surface area (Å²) in [6.07, 6.45) is 0. The van der Waals surface area contributed by atoms with Crippen molar-refractivity contribution in [1.29, 1.82) is 0 Å². The van der Waals surface area contributed by atoms with Crippen LogP contribution in [0.15, 0.2) is 53.4 Å². The first kappa shape index (κ1) is 20.9. The van der Waals surface area contributed by atoms with Crippen LogP contribution in [-0.2, 0) is 14.8 Å². The molecular formula is C20H26N2O4S. The van der Waals surface area contributed by atoms with E-state index in [1.165, 1.54) is 19.1 Å². The Hall–Kier alpha value is -2.38. The lowest BCUT2D eigenvalue weighted by molar-refractivity contribution is -0.123. The summed E-state index contributed by atoms with van der Waals surface area (Å²) in [5.41, 5.74) is 1.66. The number of benzene rings is 2. The number of hydrogen-bond acceptors (Lipinski definition) is 4. The SMILES string of the molecule is CCOc1ccc(S(=O)(=O)N[C@H](C)C(=O)N[C@@H](C)c2ccccc2)cc1C. The van der Waals surface area contributed by atoms with Crippen LogP contribution in [0.4, 0.5) is 0 Å². The predicted octanol–water partition coefficient (Wildman–Crippen LogP) is 2.94. The summed E-state index contributed by atoms with van der Waals surface area (Å²) in [7, 11) is -3.83. The highest BCUT2D eigenvalue weighted by molar-refractivity contribution is 7.89. The molecule has 27 heavy (non-hydrogen) atoms. The molecule has 0 radical (unpaired) electrons. The Bertz CT molecular complexity index is 882. The molecule has 2 aromatic rings. The van der Waals surface area contributed by atoms with Gasteiger partial charge in [0.15, 0.2) is 0 Å². The molecule has 0 bridgehead atoms. The number of carbonyl (C=O) groups is 1. The molecule has 7 heteroatoms. The maximum Gasteiger partial charge on any atom is 0.241 e. The summed E-state index contributed by atoms with van der Waals surface area (Å²) in [6, 6.07) is 13.0. The predicted molar refractivity (Wildman–Crippen MR) is 105 cm³/mol. The van der Waals surface area contributed by atoms with Gasteiger partial charge < -0.3 is 10.1 Å². The van der Waals surface area contributed by atoms with Crippen molar-refractivity contribution in [3.05, 3.63) is 59.7 Å². The van der Waals surface area contributed by atoms with Crippen LogP contribution in [-0.4, -0.2) is 27.0 Å². The second kappa shape index (κ2) is 9.01. The number of hydrogen-bond donors (Lipinski definition) is 2. The number of rotatable bonds is 8. The minimum Gasteiger partial charge on any atom is -0.494 e. The molecule has 0 saturated heterocycles. The summed E-state index contributed by atoms with van der Waals surface area (Å²) >= 11 is 0. The molecule has 2 aromatic carbocycles. The monoisotopic (exact) mass is 390 g/mol. The molecule has 0 heterocycles. The zero-order chi connectivity index (χ0) is 20.0. The first-order valence-corrected chi connectivity index (χ1v) is 10.3. The fourth-order valence-corrected chi connectivity index (χ4v) is 3.91. The molecule has 0 aliphatic carbocycles. The first-order chi connectivity index (χ1) is 12.7. The zero-order valence-corrected chi connectivity index (χ0v) is 16.8. The van der Waals surface area contributed by atoms with E-state index in [0.717, 1.165) is 11.1 Å². The fraction of sp³-hybridized carbons (Fsp3) is 0.350. The number of nitrogens with one attached hydrogen (secondary N) is 2. The van der Waals surface area contributed by atoms with E-state index < -0.39 is 22.0 Å². The normalized spacial score (nSPS) is 13.6. The maximum absolute atomic E-state index is 12.6. The van der Waals surface area contributed by atoms with Crippen molar-refractivity contribution in [2.24, 2.45) is 0 Å². The van der Waals surface area contributed by atoms with Gasteiger partial charge in [0, 0.05) is 0 Å². The molecule has 0 fully saturated rings. The minimum absolute atomic E-state index is 0.0965. The van der Waals surface area contributed by atoms with Crippen LogP contribution in [0.1, 0.15) is 37.9 Å². The van der Waals surface area contributed by atoms with E-state index in [1.54, 1.807) is 13.0 Å². The highest BCUT2D eigenvalue weighted by atomic mass is 32.2. The van der Waals surface area contributed by atoms with Gasteiger partial charge in [-0.25, -0.2) is 8.42 Å². The van der Waals surface area contributed by atoms with Gasteiger partial charge in [-0.3, -0.25) is 4.79 Å². The van der Waals surface area contributed by atoms with E-state index in [9.17, 15) is 13.2 Å². The Morgan fingerprint density at radius 2 is 1.78 bits per heavy atom. The molecule has 146 valence electrons. The fourth-order valence-electron chi connectivity index (χ4n) is 2.62. The molecule has 0 aliphatic rings. The third-order valence-electron chi connectivity index (χ3n) is 4.14. The van der Waals surface area contributed by atoms with Gasteiger partial charge in [-0.05, 0) is 57.0 Å². The average Bonchev–Trinajstić information content (AvgIpc) is 2.63. The second-order valence-electron chi connectivity index (χ2n) is 6.34. The van der Waals surface area contributed by atoms with Gasteiger partial charge in [-0.15, -0.1) is 0 Å². The van der Waals surface area contributed by atoms with Crippen LogP contribution in [0.2, 0.25) is 0 Å². The van der Waals surface area contributed by atoms with E-state index >= 15 is 0 Å². The molecule has 0 aliphatic heterocycles. The largest absolute Gasteiger partial charge is 0.494 e. The molecule has 2 atom stereocenters. The van der Waals surface area contributed by atoms with E-state index in [4.69, 9.17) is 4.74 Å². The number of carbonyl (C=O) groups excluding carboxylic acids is 1. The molecule has 0 saturated carbocycles. The topological polar surface area (TPSA) is 84.5 Å². The van der Waals surface area contributed by atoms with Gasteiger partial charge in [-0.2, -0.15) is 4.72 Å². The van der Waals surface area contributed by atoms with Gasteiger partial charge in [-0.1, -0.05) is 30.3 Å². The Balaban J connectivity index is 2.05. The standard InChI is InChI=1S/C20H26N2O4S/c1-5-26-19-12-11-18(13-14(19)2)27(24,25)22-16(4)20(23)21-15(3)17-9-7-6-8-10-17/h6-13,15-16,22H,5H2,1-4H3,(H,21,23)/t15-,16+/m0/s1. The van der Waals surface area contributed by atoms with E-state index in [2.05, 4.69) is 10.0 Å². The molecule has 0 unspecified atom stereocenters. The van der Waals surface area contributed by atoms with Gasteiger partial charge in [0.1, 0.15) is 5.75 Å². The first-order valence-electron chi connectivity index (χ1n) is 8.85. The lowest BCUT2D eigenvalue weighted by Crippen LogP contribution is -2.45. The third kappa shape index (κ3) is 5.55. The van der Waals surface area contributed by atoms with Crippen LogP contribution in [0.5, 0.6) is 5.75 Å². The Kier molecular flexibility index (Phi) is 6.98. The molecule has 6 nitrogen and oxygen atoms in total. The van der Waals surface area contributed by atoms with Crippen LogP contribution < -0.4 is 14.8 Å². The van der Waals surface area contributed by atoms with Crippen molar-refractivity contribution in [2.75, 3.05) is 6.61 Å². The van der Waals surface area contributed by atoms with Crippen molar-refractivity contribution < 1.29 is 17.9 Å². The highest BCUT2D eigenvalue weighted by Gasteiger charge is 2.23. The quantitative estimate of drug-likeness (QED) is 0.726. The minimum atomic E-state index is -3.83. The van der Waals surface area contributed by atoms with E-state index in [0.29, 0.717) is 12.4 Å². The molecule has 1 amide bonds. The Labute approximate surface area is 161 Å². The van der Waals surface area contributed by atoms with Crippen molar-refractivity contribution in [2.45, 2.75) is 44.7 Å².